The Hall–Kier alpha value is -0.730. The zero-order valence-corrected chi connectivity index (χ0v) is 16.1. The van der Waals surface area contributed by atoms with Crippen molar-refractivity contribution in [1.82, 2.24) is 9.97 Å². The largest absolute Gasteiger partial charge is 0.390 e. The van der Waals surface area contributed by atoms with Crippen molar-refractivity contribution in [3.63, 3.8) is 0 Å². The van der Waals surface area contributed by atoms with Gasteiger partial charge in [-0.1, -0.05) is 0 Å². The molecule has 2 atom stereocenters. The molecule has 1 fully saturated rings. The third-order valence-electron chi connectivity index (χ3n) is 4.69. The van der Waals surface area contributed by atoms with Crippen LogP contribution in [0.25, 0.3) is 10.2 Å². The summed E-state index contributed by atoms with van der Waals surface area (Å²) in [5, 5.41) is 12.5. The molecule has 7 heteroatoms. The van der Waals surface area contributed by atoms with Crippen LogP contribution < -0.4 is 0 Å². The molecule has 4 rings (SSSR count). The second-order valence-corrected chi connectivity index (χ2v) is 8.84. The zero-order valence-electron chi connectivity index (χ0n) is 14.5. The molecule has 1 aliphatic heterocycles. The highest BCUT2D eigenvalue weighted by molar-refractivity contribution is 7.99. The van der Waals surface area contributed by atoms with E-state index in [9.17, 15) is 5.11 Å². The van der Waals surface area contributed by atoms with Gasteiger partial charge in [-0.25, -0.2) is 9.97 Å². The molecule has 0 amide bonds. The first-order valence-corrected chi connectivity index (χ1v) is 10.8. The molecule has 1 saturated heterocycles. The lowest BCUT2D eigenvalue weighted by atomic mass is 10.2. The van der Waals surface area contributed by atoms with Crippen LogP contribution in [0.5, 0.6) is 0 Å². The lowest BCUT2D eigenvalue weighted by Crippen LogP contribution is -2.22. The van der Waals surface area contributed by atoms with Crippen molar-refractivity contribution in [2.45, 2.75) is 56.3 Å². The zero-order chi connectivity index (χ0) is 17.2. The van der Waals surface area contributed by atoms with Gasteiger partial charge in [0, 0.05) is 22.6 Å². The first-order valence-electron chi connectivity index (χ1n) is 9.00. The Kier molecular flexibility index (Phi) is 5.57. The summed E-state index contributed by atoms with van der Waals surface area (Å²) in [7, 11) is 0. The average Bonchev–Trinajstić information content (AvgIpc) is 3.29. The summed E-state index contributed by atoms with van der Waals surface area (Å²) in [6.45, 7) is 3.70. The topological polar surface area (TPSA) is 64.5 Å². The van der Waals surface area contributed by atoms with Gasteiger partial charge in [0.25, 0.3) is 0 Å². The molecule has 0 bridgehead atoms. The summed E-state index contributed by atoms with van der Waals surface area (Å²) in [4.78, 5) is 11.8. The number of aliphatic hydroxyl groups is 1. The summed E-state index contributed by atoms with van der Waals surface area (Å²) in [5.41, 5.74) is 1.44. The number of rotatable bonds is 7. The van der Waals surface area contributed by atoms with Gasteiger partial charge in [-0.2, -0.15) is 0 Å². The fraction of sp³-hybridized carbons (Fsp3) is 0.667. The molecular weight excluding hydrogens is 356 g/mol. The Bertz CT molecular complexity index is 743. The van der Waals surface area contributed by atoms with Gasteiger partial charge >= 0.3 is 0 Å². The van der Waals surface area contributed by atoms with Crippen LogP contribution in [0.4, 0.5) is 0 Å². The average molecular weight is 381 g/mol. The van der Waals surface area contributed by atoms with Crippen molar-refractivity contribution < 1.29 is 14.6 Å². The minimum absolute atomic E-state index is 0.206. The van der Waals surface area contributed by atoms with Gasteiger partial charge in [-0.15, -0.1) is 23.1 Å². The SMILES string of the molecule is Cc1nc(SC[C@@H](O)COC[C@@H]2CCCO2)c2c3c(sc2n1)CCC3. The van der Waals surface area contributed by atoms with E-state index in [4.69, 9.17) is 9.47 Å². The molecule has 5 nitrogen and oxygen atoms in total. The molecule has 2 aromatic rings. The molecule has 3 heterocycles. The minimum Gasteiger partial charge on any atom is -0.390 e. The molecule has 1 aliphatic carbocycles. The highest BCUT2D eigenvalue weighted by atomic mass is 32.2. The number of hydrogen-bond acceptors (Lipinski definition) is 7. The van der Waals surface area contributed by atoms with Crippen molar-refractivity contribution >= 4 is 33.3 Å². The lowest BCUT2D eigenvalue weighted by Gasteiger charge is -2.14. The number of nitrogens with zero attached hydrogens (tertiary/aromatic N) is 2. The Morgan fingerprint density at radius 3 is 3.12 bits per heavy atom. The molecule has 0 radical (unpaired) electrons. The first kappa shape index (κ1) is 17.7. The number of fused-ring (bicyclic) bond motifs is 3. The van der Waals surface area contributed by atoms with E-state index >= 15 is 0 Å². The maximum absolute atomic E-state index is 10.2. The Balaban J connectivity index is 1.37. The normalized spacial score (nSPS) is 21.1. The molecular formula is C18H24N2O3S2. The highest BCUT2D eigenvalue weighted by Gasteiger charge is 2.22. The van der Waals surface area contributed by atoms with Crippen LogP contribution in [0.3, 0.4) is 0 Å². The van der Waals surface area contributed by atoms with Gasteiger partial charge in [0.1, 0.15) is 15.7 Å². The standard InChI is InChI=1S/C18H24N2O3S2/c1-11-19-17(16-14-5-2-6-15(14)25-18(16)20-11)24-10-12(21)8-22-9-13-4-3-7-23-13/h12-13,21H,2-10H2,1H3/t12-,13-/m0/s1. The monoisotopic (exact) mass is 380 g/mol. The molecule has 1 N–H and O–H groups in total. The summed E-state index contributed by atoms with van der Waals surface area (Å²) in [6, 6.07) is 0. The molecule has 2 aromatic heterocycles. The van der Waals surface area contributed by atoms with Gasteiger partial charge in [0.2, 0.25) is 0 Å². The highest BCUT2D eigenvalue weighted by Crippen LogP contribution is 2.40. The number of ether oxygens (including phenoxy) is 2. The van der Waals surface area contributed by atoms with Crippen LogP contribution in [0, 0.1) is 6.92 Å². The van der Waals surface area contributed by atoms with Crippen molar-refractivity contribution in [1.29, 1.82) is 0 Å². The Morgan fingerprint density at radius 2 is 2.28 bits per heavy atom. The molecule has 0 saturated carbocycles. The van der Waals surface area contributed by atoms with E-state index in [1.54, 1.807) is 11.8 Å². The minimum atomic E-state index is -0.497. The van der Waals surface area contributed by atoms with E-state index in [2.05, 4.69) is 9.97 Å². The van der Waals surface area contributed by atoms with Crippen LogP contribution in [0.15, 0.2) is 5.03 Å². The van der Waals surface area contributed by atoms with Gasteiger partial charge in [-0.3, -0.25) is 0 Å². The molecule has 2 aliphatic rings. The molecule has 25 heavy (non-hydrogen) atoms. The van der Waals surface area contributed by atoms with Crippen LogP contribution in [-0.2, 0) is 22.3 Å². The molecule has 136 valence electrons. The number of thioether (sulfide) groups is 1. The number of aliphatic hydroxyl groups excluding tert-OH is 1. The predicted octanol–water partition coefficient (Wildman–Crippen LogP) is 3.14. The van der Waals surface area contributed by atoms with Crippen LogP contribution in [0.2, 0.25) is 0 Å². The van der Waals surface area contributed by atoms with Crippen LogP contribution >= 0.6 is 23.1 Å². The maximum Gasteiger partial charge on any atom is 0.128 e. The van der Waals surface area contributed by atoms with Gasteiger partial charge < -0.3 is 14.6 Å². The third kappa shape index (κ3) is 4.01. The second-order valence-electron chi connectivity index (χ2n) is 6.75. The second kappa shape index (κ2) is 7.88. The summed E-state index contributed by atoms with van der Waals surface area (Å²) in [6.07, 6.45) is 5.41. The quantitative estimate of drug-likeness (QED) is 0.588. The van der Waals surface area contributed by atoms with Gasteiger partial charge in [0.15, 0.2) is 0 Å². The van der Waals surface area contributed by atoms with Crippen molar-refractivity contribution in [3.05, 3.63) is 16.3 Å². The van der Waals surface area contributed by atoms with E-state index in [1.165, 1.54) is 28.7 Å². The van der Waals surface area contributed by atoms with E-state index in [0.717, 1.165) is 41.6 Å². The van der Waals surface area contributed by atoms with Crippen molar-refractivity contribution in [2.75, 3.05) is 25.6 Å². The lowest BCUT2D eigenvalue weighted by molar-refractivity contribution is -0.0114. The maximum atomic E-state index is 10.2. The number of aryl methyl sites for hydroxylation is 3. The van der Waals surface area contributed by atoms with Gasteiger partial charge in [0.05, 0.1) is 25.4 Å². The first-order chi connectivity index (χ1) is 12.2. The van der Waals surface area contributed by atoms with E-state index in [1.807, 2.05) is 18.3 Å². The predicted molar refractivity (Wildman–Crippen MR) is 101 cm³/mol. The van der Waals surface area contributed by atoms with Crippen molar-refractivity contribution in [2.24, 2.45) is 0 Å². The summed E-state index contributed by atoms with van der Waals surface area (Å²) < 4.78 is 11.2. The smallest absolute Gasteiger partial charge is 0.128 e. The third-order valence-corrected chi connectivity index (χ3v) is 7.00. The number of hydrogen-bond donors (Lipinski definition) is 1. The van der Waals surface area contributed by atoms with Crippen LogP contribution in [0.1, 0.15) is 35.5 Å². The Labute approximate surface area is 156 Å². The number of aromatic nitrogens is 2. The summed E-state index contributed by atoms with van der Waals surface area (Å²) >= 11 is 3.43. The van der Waals surface area contributed by atoms with E-state index < -0.39 is 6.10 Å². The molecule has 0 spiro atoms. The van der Waals surface area contributed by atoms with E-state index in [-0.39, 0.29) is 6.10 Å². The van der Waals surface area contributed by atoms with Gasteiger partial charge in [-0.05, 0) is 44.6 Å². The summed E-state index contributed by atoms with van der Waals surface area (Å²) in [5.74, 6) is 1.39. The van der Waals surface area contributed by atoms with Crippen LogP contribution in [-0.4, -0.2) is 52.9 Å². The van der Waals surface area contributed by atoms with E-state index in [0.29, 0.717) is 19.0 Å². The molecule has 0 aromatic carbocycles. The fourth-order valence-electron chi connectivity index (χ4n) is 3.50. The number of thiophene rings is 1. The fourth-order valence-corrected chi connectivity index (χ4v) is 5.88. The van der Waals surface area contributed by atoms with Crippen molar-refractivity contribution in [3.8, 4) is 0 Å². The Morgan fingerprint density at radius 1 is 1.36 bits per heavy atom. The molecule has 0 unspecified atom stereocenters.